The second kappa shape index (κ2) is 5.72. The normalized spacial score (nSPS) is 10.2. The average Bonchev–Trinajstić information content (AvgIpc) is 2.25. The van der Waals surface area contributed by atoms with Crippen molar-refractivity contribution in [2.45, 2.75) is 6.92 Å². The molecule has 0 aromatic heterocycles. The number of aliphatic hydroxyl groups excluding tert-OH is 1. The van der Waals surface area contributed by atoms with Gasteiger partial charge in [-0.3, -0.25) is 5.41 Å². The lowest BCUT2D eigenvalue weighted by atomic mass is 10.1. The molecule has 1 rings (SSSR count). The maximum atomic E-state index is 8.97. The number of nitrogens with zero attached hydrogens (tertiary/aromatic N) is 1. The minimum Gasteiger partial charge on any atom is -0.395 e. The second-order valence-electron chi connectivity index (χ2n) is 3.38. The monoisotopic (exact) mass is 241 g/mol. The molecule has 0 atom stereocenters. The van der Waals surface area contributed by atoms with E-state index in [0.717, 1.165) is 12.2 Å². The molecule has 0 aliphatic carbocycles. The fourth-order valence-corrected chi connectivity index (χ4v) is 1.73. The average molecular weight is 242 g/mol. The van der Waals surface area contributed by atoms with E-state index in [2.05, 4.69) is 0 Å². The lowest BCUT2D eigenvalue weighted by Gasteiger charge is -2.24. The van der Waals surface area contributed by atoms with E-state index in [9.17, 15) is 0 Å². The van der Waals surface area contributed by atoms with Crippen LogP contribution in [-0.4, -0.2) is 30.6 Å². The molecule has 0 saturated heterocycles. The largest absolute Gasteiger partial charge is 0.395 e. The molecular weight excluding hydrogens is 226 g/mol. The number of anilines is 1. The number of aliphatic hydroxyl groups is 1. The molecule has 0 bridgehead atoms. The summed E-state index contributed by atoms with van der Waals surface area (Å²) >= 11 is 5.92. The van der Waals surface area contributed by atoms with E-state index in [1.165, 1.54) is 0 Å². The van der Waals surface area contributed by atoms with Crippen LogP contribution in [0.4, 0.5) is 5.69 Å². The Bertz CT molecular complexity index is 381. The van der Waals surface area contributed by atoms with Gasteiger partial charge < -0.3 is 15.7 Å². The predicted octanol–water partition coefficient (Wildman–Crippen LogP) is 1.44. The van der Waals surface area contributed by atoms with Gasteiger partial charge >= 0.3 is 0 Å². The highest BCUT2D eigenvalue weighted by atomic mass is 35.5. The van der Waals surface area contributed by atoms with Gasteiger partial charge in [-0.05, 0) is 25.1 Å². The Balaban J connectivity index is 3.16. The quantitative estimate of drug-likeness (QED) is 0.540. The highest BCUT2D eigenvalue weighted by Gasteiger charge is 2.11. The first-order valence-corrected chi connectivity index (χ1v) is 5.47. The Kier molecular flexibility index (Phi) is 4.58. The molecule has 0 aliphatic rings. The van der Waals surface area contributed by atoms with E-state index in [4.69, 9.17) is 27.9 Å². The van der Waals surface area contributed by atoms with E-state index < -0.39 is 0 Å². The van der Waals surface area contributed by atoms with Gasteiger partial charge in [0.1, 0.15) is 5.84 Å². The Morgan fingerprint density at radius 1 is 1.56 bits per heavy atom. The maximum Gasteiger partial charge on any atom is 0.124 e. The number of amidine groups is 1. The van der Waals surface area contributed by atoms with Crippen molar-refractivity contribution in [2.75, 3.05) is 24.6 Å². The van der Waals surface area contributed by atoms with Gasteiger partial charge in [0.15, 0.2) is 0 Å². The summed E-state index contributed by atoms with van der Waals surface area (Å²) in [6.45, 7) is 3.25. The van der Waals surface area contributed by atoms with E-state index in [0.29, 0.717) is 17.1 Å². The summed E-state index contributed by atoms with van der Waals surface area (Å²) < 4.78 is 0. The van der Waals surface area contributed by atoms with Gasteiger partial charge in [-0.25, -0.2) is 0 Å². The summed E-state index contributed by atoms with van der Waals surface area (Å²) in [4.78, 5) is 1.93. The van der Waals surface area contributed by atoms with Crippen LogP contribution in [0.1, 0.15) is 12.5 Å². The minimum atomic E-state index is 0.00283. The van der Waals surface area contributed by atoms with Crippen molar-refractivity contribution < 1.29 is 5.11 Å². The van der Waals surface area contributed by atoms with E-state index >= 15 is 0 Å². The summed E-state index contributed by atoms with van der Waals surface area (Å²) in [5.74, 6) is 0.00283. The molecule has 0 spiro atoms. The SMILES string of the molecule is CCN(CCO)c1cc(Cl)ccc1C(=N)N. The molecule has 4 nitrogen and oxygen atoms in total. The number of benzene rings is 1. The van der Waals surface area contributed by atoms with E-state index in [1.807, 2.05) is 11.8 Å². The van der Waals surface area contributed by atoms with Crippen molar-refractivity contribution in [1.82, 2.24) is 0 Å². The molecule has 0 saturated carbocycles. The van der Waals surface area contributed by atoms with Gasteiger partial charge in [0.05, 0.1) is 6.61 Å². The molecule has 0 fully saturated rings. The molecule has 1 aromatic carbocycles. The smallest absolute Gasteiger partial charge is 0.124 e. The zero-order valence-electron chi connectivity index (χ0n) is 9.20. The van der Waals surface area contributed by atoms with E-state index in [1.54, 1.807) is 18.2 Å². The van der Waals surface area contributed by atoms with Crippen molar-refractivity contribution in [1.29, 1.82) is 5.41 Å². The number of nitrogens with one attached hydrogen (secondary N) is 1. The van der Waals surface area contributed by atoms with Gasteiger partial charge in [0.2, 0.25) is 0 Å². The molecule has 0 heterocycles. The molecule has 4 N–H and O–H groups in total. The number of nitrogen functional groups attached to an aromatic ring is 1. The first kappa shape index (κ1) is 12.8. The molecule has 88 valence electrons. The maximum absolute atomic E-state index is 8.97. The first-order chi connectivity index (χ1) is 7.60. The van der Waals surface area contributed by atoms with Crippen molar-refractivity contribution in [3.05, 3.63) is 28.8 Å². The number of hydrogen-bond acceptors (Lipinski definition) is 3. The Morgan fingerprint density at radius 3 is 2.75 bits per heavy atom. The number of halogens is 1. The minimum absolute atomic E-state index is 0.00283. The third-order valence-electron chi connectivity index (χ3n) is 2.34. The lowest BCUT2D eigenvalue weighted by Crippen LogP contribution is -2.29. The molecular formula is C11H16ClN3O. The van der Waals surface area contributed by atoms with E-state index in [-0.39, 0.29) is 12.4 Å². The third kappa shape index (κ3) is 2.87. The number of likely N-dealkylation sites (N-methyl/N-ethyl adjacent to an activating group) is 1. The number of rotatable bonds is 5. The van der Waals surface area contributed by atoms with Crippen molar-refractivity contribution in [3.63, 3.8) is 0 Å². The lowest BCUT2D eigenvalue weighted by molar-refractivity contribution is 0.302. The first-order valence-electron chi connectivity index (χ1n) is 5.10. The van der Waals surface area contributed by atoms with Crippen LogP contribution in [0.5, 0.6) is 0 Å². The fraction of sp³-hybridized carbons (Fsp3) is 0.364. The molecule has 0 amide bonds. The molecule has 5 heteroatoms. The fourth-order valence-electron chi connectivity index (χ4n) is 1.56. The summed E-state index contributed by atoms with van der Waals surface area (Å²) in [5, 5.41) is 17.1. The third-order valence-corrected chi connectivity index (χ3v) is 2.58. The topological polar surface area (TPSA) is 73.3 Å². The summed E-state index contributed by atoms with van der Waals surface area (Å²) in [6.07, 6.45) is 0. The molecule has 0 unspecified atom stereocenters. The van der Waals surface area contributed by atoms with Gasteiger partial charge in [-0.15, -0.1) is 0 Å². The van der Waals surface area contributed by atoms with Crippen LogP contribution in [0.25, 0.3) is 0 Å². The van der Waals surface area contributed by atoms with Gasteiger partial charge in [-0.2, -0.15) is 0 Å². The van der Waals surface area contributed by atoms with Crippen LogP contribution in [0.3, 0.4) is 0 Å². The van der Waals surface area contributed by atoms with Crippen LogP contribution in [0.2, 0.25) is 5.02 Å². The van der Waals surface area contributed by atoms with Crippen LogP contribution >= 0.6 is 11.6 Å². The van der Waals surface area contributed by atoms with Crippen molar-refractivity contribution in [3.8, 4) is 0 Å². The summed E-state index contributed by atoms with van der Waals surface area (Å²) in [7, 11) is 0. The van der Waals surface area contributed by atoms with Gasteiger partial charge in [0, 0.05) is 29.4 Å². The highest BCUT2D eigenvalue weighted by Crippen LogP contribution is 2.24. The Hall–Kier alpha value is -1.26. The zero-order valence-corrected chi connectivity index (χ0v) is 9.96. The van der Waals surface area contributed by atoms with Crippen LogP contribution in [-0.2, 0) is 0 Å². The van der Waals surface area contributed by atoms with Crippen LogP contribution in [0, 0.1) is 5.41 Å². The predicted molar refractivity (Wildman–Crippen MR) is 67.4 cm³/mol. The van der Waals surface area contributed by atoms with Crippen LogP contribution in [0.15, 0.2) is 18.2 Å². The molecule has 0 aliphatic heterocycles. The standard InChI is InChI=1S/C11H16ClN3O/c1-2-15(5-6-16)10-7-8(12)3-4-9(10)11(13)14/h3-4,7,16H,2,5-6H2,1H3,(H3,13,14). The Morgan fingerprint density at radius 2 is 2.25 bits per heavy atom. The number of nitrogens with two attached hydrogens (primary N) is 1. The second-order valence-corrected chi connectivity index (χ2v) is 3.81. The molecule has 0 radical (unpaired) electrons. The number of hydrogen-bond donors (Lipinski definition) is 3. The van der Waals surface area contributed by atoms with Gasteiger partial charge in [-0.1, -0.05) is 11.6 Å². The molecule has 1 aromatic rings. The van der Waals surface area contributed by atoms with Gasteiger partial charge in [0.25, 0.3) is 0 Å². The van der Waals surface area contributed by atoms with Crippen molar-refractivity contribution >= 4 is 23.1 Å². The highest BCUT2D eigenvalue weighted by molar-refractivity contribution is 6.31. The summed E-state index contributed by atoms with van der Waals surface area (Å²) in [5.41, 5.74) is 6.93. The molecule has 16 heavy (non-hydrogen) atoms. The Labute approximate surface area is 100 Å². The summed E-state index contributed by atoms with van der Waals surface area (Å²) in [6, 6.07) is 5.19. The zero-order chi connectivity index (χ0) is 12.1. The van der Waals surface area contributed by atoms with Crippen molar-refractivity contribution in [2.24, 2.45) is 5.73 Å². The van der Waals surface area contributed by atoms with Crippen LogP contribution < -0.4 is 10.6 Å².